The minimum Gasteiger partial charge on any atom is -0.392 e. The minimum atomic E-state index is 0.0727. The minimum absolute atomic E-state index is 0.0727. The lowest BCUT2D eigenvalue weighted by atomic mass is 10.1. The summed E-state index contributed by atoms with van der Waals surface area (Å²) in [6.45, 7) is 2.09. The molecule has 0 saturated heterocycles. The summed E-state index contributed by atoms with van der Waals surface area (Å²) in [6, 6.07) is 5.81. The van der Waals surface area contributed by atoms with Gasteiger partial charge in [0.2, 0.25) is 0 Å². The molecular formula is C11H11BrO. The van der Waals surface area contributed by atoms with Crippen LogP contribution in [0.5, 0.6) is 0 Å². The molecule has 0 aliphatic heterocycles. The summed E-state index contributed by atoms with van der Waals surface area (Å²) in [6.07, 6.45) is 0. The molecule has 0 atom stereocenters. The maximum absolute atomic E-state index is 8.92. The number of rotatable bonds is 1. The van der Waals surface area contributed by atoms with Gasteiger partial charge in [0, 0.05) is 5.56 Å². The maximum atomic E-state index is 8.92. The zero-order chi connectivity index (χ0) is 9.68. The van der Waals surface area contributed by atoms with Crippen LogP contribution in [0.3, 0.4) is 0 Å². The van der Waals surface area contributed by atoms with Crippen LogP contribution in [-0.2, 0) is 6.61 Å². The third kappa shape index (κ3) is 2.87. The van der Waals surface area contributed by atoms with E-state index in [1.807, 2.05) is 25.1 Å². The first-order valence-corrected chi connectivity index (χ1v) is 5.15. The molecule has 1 N–H and O–H groups in total. The van der Waals surface area contributed by atoms with Crippen molar-refractivity contribution >= 4 is 15.9 Å². The molecule has 0 aliphatic rings. The van der Waals surface area contributed by atoms with Crippen molar-refractivity contribution in [2.24, 2.45) is 0 Å². The number of aliphatic hydroxyl groups is 1. The number of hydrogen-bond acceptors (Lipinski definition) is 1. The molecule has 0 radical (unpaired) electrons. The smallest absolute Gasteiger partial charge is 0.0682 e. The van der Waals surface area contributed by atoms with Crippen molar-refractivity contribution in [1.82, 2.24) is 0 Å². The van der Waals surface area contributed by atoms with Gasteiger partial charge in [0.15, 0.2) is 0 Å². The fraction of sp³-hybridized carbons (Fsp3) is 0.273. The third-order valence-corrected chi connectivity index (χ3v) is 2.05. The van der Waals surface area contributed by atoms with Gasteiger partial charge in [-0.2, -0.15) is 0 Å². The molecule has 1 nitrogen and oxygen atoms in total. The average molecular weight is 239 g/mol. The molecular weight excluding hydrogens is 228 g/mol. The van der Waals surface area contributed by atoms with E-state index in [0.717, 1.165) is 16.7 Å². The lowest BCUT2D eigenvalue weighted by Gasteiger charge is -2.00. The summed E-state index contributed by atoms with van der Waals surface area (Å²) >= 11 is 3.24. The van der Waals surface area contributed by atoms with E-state index in [1.165, 1.54) is 0 Å². The molecule has 1 rings (SSSR count). The van der Waals surface area contributed by atoms with Gasteiger partial charge in [0.05, 0.1) is 11.9 Å². The van der Waals surface area contributed by atoms with E-state index in [-0.39, 0.29) is 6.61 Å². The van der Waals surface area contributed by atoms with Gasteiger partial charge in [-0.15, -0.1) is 0 Å². The molecule has 0 bridgehead atoms. The number of aryl methyl sites for hydroxylation is 1. The molecule has 0 spiro atoms. The topological polar surface area (TPSA) is 20.2 Å². The second-order valence-corrected chi connectivity index (χ2v) is 3.30. The highest BCUT2D eigenvalue weighted by Crippen LogP contribution is 2.09. The first-order chi connectivity index (χ1) is 6.27. The quantitative estimate of drug-likeness (QED) is 0.588. The molecule has 68 valence electrons. The Morgan fingerprint density at radius 1 is 1.46 bits per heavy atom. The molecule has 0 unspecified atom stereocenters. The summed E-state index contributed by atoms with van der Waals surface area (Å²) in [4.78, 5) is 0. The van der Waals surface area contributed by atoms with Crippen LogP contribution in [0, 0.1) is 18.8 Å². The predicted molar refractivity (Wildman–Crippen MR) is 57.8 cm³/mol. The molecule has 0 aromatic heterocycles. The molecule has 0 fully saturated rings. The van der Waals surface area contributed by atoms with Gasteiger partial charge in [-0.25, -0.2) is 0 Å². The lowest BCUT2D eigenvalue weighted by Crippen LogP contribution is -1.88. The summed E-state index contributed by atoms with van der Waals surface area (Å²) in [5, 5.41) is 9.60. The van der Waals surface area contributed by atoms with E-state index in [1.54, 1.807) is 0 Å². The van der Waals surface area contributed by atoms with Crippen molar-refractivity contribution in [3.63, 3.8) is 0 Å². The van der Waals surface area contributed by atoms with Crippen molar-refractivity contribution in [2.45, 2.75) is 13.5 Å². The van der Waals surface area contributed by atoms with Crippen LogP contribution in [-0.4, -0.2) is 10.4 Å². The highest BCUT2D eigenvalue weighted by atomic mass is 79.9. The van der Waals surface area contributed by atoms with Crippen molar-refractivity contribution in [2.75, 3.05) is 5.33 Å². The van der Waals surface area contributed by atoms with Gasteiger partial charge >= 0.3 is 0 Å². The molecule has 1 aromatic carbocycles. The standard InChI is InChI=1S/C11H11BrO/c1-9-4-5-10(8-13)7-11(9)3-2-6-12/h4-5,7,13H,6,8H2,1H3. The highest BCUT2D eigenvalue weighted by molar-refractivity contribution is 9.09. The lowest BCUT2D eigenvalue weighted by molar-refractivity contribution is 0.282. The second-order valence-electron chi connectivity index (χ2n) is 2.74. The van der Waals surface area contributed by atoms with Crippen molar-refractivity contribution in [3.8, 4) is 11.8 Å². The van der Waals surface area contributed by atoms with Gasteiger partial charge in [-0.3, -0.25) is 0 Å². The highest BCUT2D eigenvalue weighted by Gasteiger charge is 1.96. The molecule has 2 heteroatoms. The van der Waals surface area contributed by atoms with E-state index >= 15 is 0 Å². The predicted octanol–water partition coefficient (Wildman–Crippen LogP) is 2.23. The zero-order valence-electron chi connectivity index (χ0n) is 7.47. The van der Waals surface area contributed by atoms with Crippen LogP contribution < -0.4 is 0 Å². The Morgan fingerprint density at radius 2 is 2.23 bits per heavy atom. The Kier molecular flexibility index (Phi) is 4.01. The second kappa shape index (κ2) is 5.06. The van der Waals surface area contributed by atoms with E-state index in [4.69, 9.17) is 5.11 Å². The third-order valence-electron chi connectivity index (χ3n) is 1.77. The van der Waals surface area contributed by atoms with E-state index in [9.17, 15) is 0 Å². The van der Waals surface area contributed by atoms with Gasteiger partial charge < -0.3 is 5.11 Å². The number of halogens is 1. The molecule has 0 amide bonds. The van der Waals surface area contributed by atoms with Crippen molar-refractivity contribution in [1.29, 1.82) is 0 Å². The van der Waals surface area contributed by atoms with E-state index in [2.05, 4.69) is 27.8 Å². The number of aliphatic hydroxyl groups excluding tert-OH is 1. The zero-order valence-corrected chi connectivity index (χ0v) is 9.06. The monoisotopic (exact) mass is 238 g/mol. The largest absolute Gasteiger partial charge is 0.392 e. The molecule has 1 aromatic rings. The average Bonchev–Trinajstić information content (AvgIpc) is 2.17. The Hall–Kier alpha value is -0.780. The van der Waals surface area contributed by atoms with Gasteiger partial charge in [0.25, 0.3) is 0 Å². The number of benzene rings is 1. The van der Waals surface area contributed by atoms with Crippen molar-refractivity contribution in [3.05, 3.63) is 34.9 Å². The fourth-order valence-electron chi connectivity index (χ4n) is 1.03. The molecule has 13 heavy (non-hydrogen) atoms. The van der Waals surface area contributed by atoms with Gasteiger partial charge in [-0.05, 0) is 24.1 Å². The fourth-order valence-corrected chi connectivity index (χ4v) is 1.17. The Morgan fingerprint density at radius 3 is 2.85 bits per heavy atom. The Balaban J connectivity index is 3.04. The SMILES string of the molecule is Cc1ccc(CO)cc1C#CCBr. The van der Waals surface area contributed by atoms with E-state index in [0.29, 0.717) is 5.33 Å². The first kappa shape index (κ1) is 10.3. The summed E-state index contributed by atoms with van der Waals surface area (Å²) in [7, 11) is 0. The molecule has 0 aliphatic carbocycles. The van der Waals surface area contributed by atoms with Crippen LogP contribution in [0.25, 0.3) is 0 Å². The van der Waals surface area contributed by atoms with Gasteiger partial charge in [0.1, 0.15) is 0 Å². The van der Waals surface area contributed by atoms with Gasteiger partial charge in [-0.1, -0.05) is 39.9 Å². The number of alkyl halides is 1. The summed E-state index contributed by atoms with van der Waals surface area (Å²) < 4.78 is 0. The number of hydrogen-bond donors (Lipinski definition) is 1. The van der Waals surface area contributed by atoms with E-state index < -0.39 is 0 Å². The van der Waals surface area contributed by atoms with Crippen LogP contribution in [0.4, 0.5) is 0 Å². The Labute approximate surface area is 86.9 Å². The van der Waals surface area contributed by atoms with Crippen LogP contribution in [0.15, 0.2) is 18.2 Å². The van der Waals surface area contributed by atoms with Crippen LogP contribution in [0.2, 0.25) is 0 Å². The molecule has 0 saturated carbocycles. The van der Waals surface area contributed by atoms with Crippen LogP contribution in [0.1, 0.15) is 16.7 Å². The van der Waals surface area contributed by atoms with Crippen LogP contribution >= 0.6 is 15.9 Å². The Bertz CT molecular complexity index is 347. The first-order valence-electron chi connectivity index (χ1n) is 4.03. The molecule has 0 heterocycles. The van der Waals surface area contributed by atoms with Crippen molar-refractivity contribution < 1.29 is 5.11 Å². The normalized spacial score (nSPS) is 9.15. The maximum Gasteiger partial charge on any atom is 0.0682 e. The summed E-state index contributed by atoms with van der Waals surface area (Å²) in [5.74, 6) is 5.97. The summed E-state index contributed by atoms with van der Waals surface area (Å²) in [5.41, 5.74) is 3.04.